The maximum absolute atomic E-state index is 12.2. The summed E-state index contributed by atoms with van der Waals surface area (Å²) in [5.41, 5.74) is 0.462. The summed E-state index contributed by atoms with van der Waals surface area (Å²) in [7, 11) is 0. The SMILES string of the molecule is CC(C)C1(C(C)C)C2C(=O)OC3CC1(C)CC32. The third-order valence-corrected chi connectivity index (χ3v) is 6.24. The second-order valence-corrected chi connectivity index (χ2v) is 7.33. The molecule has 2 aliphatic carbocycles. The quantitative estimate of drug-likeness (QED) is 0.688. The number of fused-ring (bicyclic) bond motifs is 1. The third-order valence-electron chi connectivity index (χ3n) is 6.24. The molecular formula is C15H24O2. The average molecular weight is 236 g/mol. The van der Waals surface area contributed by atoms with Gasteiger partial charge in [-0.25, -0.2) is 0 Å². The number of carbonyl (C=O) groups is 1. The number of rotatable bonds is 2. The van der Waals surface area contributed by atoms with Gasteiger partial charge in [0.1, 0.15) is 6.10 Å². The van der Waals surface area contributed by atoms with Crippen molar-refractivity contribution in [2.45, 2.75) is 53.6 Å². The van der Waals surface area contributed by atoms with Gasteiger partial charge in [0.15, 0.2) is 0 Å². The fourth-order valence-electron chi connectivity index (χ4n) is 6.25. The first kappa shape index (κ1) is 11.6. The molecule has 1 heterocycles. The topological polar surface area (TPSA) is 26.3 Å². The normalized spacial score (nSPS) is 46.1. The Labute approximate surface area is 104 Å². The zero-order chi connectivity index (χ0) is 12.6. The number of ether oxygens (including phenoxy) is 1. The minimum absolute atomic E-state index is 0.101. The monoisotopic (exact) mass is 236 g/mol. The van der Waals surface area contributed by atoms with E-state index in [1.165, 1.54) is 6.42 Å². The maximum Gasteiger partial charge on any atom is 0.310 e. The molecule has 4 unspecified atom stereocenters. The zero-order valence-electron chi connectivity index (χ0n) is 11.6. The van der Waals surface area contributed by atoms with Crippen molar-refractivity contribution in [2.24, 2.45) is 34.5 Å². The Balaban J connectivity index is 2.18. The molecule has 2 heteroatoms. The Morgan fingerprint density at radius 3 is 2.29 bits per heavy atom. The van der Waals surface area contributed by atoms with Crippen molar-refractivity contribution in [1.82, 2.24) is 0 Å². The molecule has 2 bridgehead atoms. The molecule has 17 heavy (non-hydrogen) atoms. The van der Waals surface area contributed by atoms with Crippen LogP contribution in [0.5, 0.6) is 0 Å². The number of hydrogen-bond donors (Lipinski definition) is 0. The highest BCUT2D eigenvalue weighted by Crippen LogP contribution is 2.75. The van der Waals surface area contributed by atoms with Crippen LogP contribution in [0.1, 0.15) is 47.5 Å². The van der Waals surface area contributed by atoms with Crippen LogP contribution in [0.3, 0.4) is 0 Å². The summed E-state index contributed by atoms with van der Waals surface area (Å²) < 4.78 is 5.62. The molecule has 0 spiro atoms. The van der Waals surface area contributed by atoms with E-state index in [0.29, 0.717) is 23.2 Å². The molecule has 3 fully saturated rings. The molecule has 1 aliphatic heterocycles. The van der Waals surface area contributed by atoms with Gasteiger partial charge in [0, 0.05) is 5.92 Å². The van der Waals surface area contributed by atoms with Gasteiger partial charge in [0.05, 0.1) is 5.92 Å². The Bertz CT molecular complexity index is 359. The molecule has 0 aromatic rings. The van der Waals surface area contributed by atoms with Crippen molar-refractivity contribution in [1.29, 1.82) is 0 Å². The predicted molar refractivity (Wildman–Crippen MR) is 66.3 cm³/mol. The first-order chi connectivity index (χ1) is 7.84. The number of hydrogen-bond acceptors (Lipinski definition) is 2. The van der Waals surface area contributed by atoms with E-state index >= 15 is 0 Å². The Morgan fingerprint density at radius 1 is 1.18 bits per heavy atom. The molecule has 0 aromatic carbocycles. The van der Waals surface area contributed by atoms with E-state index in [2.05, 4.69) is 34.6 Å². The number of esters is 1. The van der Waals surface area contributed by atoms with Crippen molar-refractivity contribution >= 4 is 5.97 Å². The summed E-state index contributed by atoms with van der Waals surface area (Å²) in [5, 5.41) is 0. The highest BCUT2D eigenvalue weighted by molar-refractivity contribution is 5.78. The van der Waals surface area contributed by atoms with Crippen LogP contribution in [0.4, 0.5) is 0 Å². The van der Waals surface area contributed by atoms with E-state index in [1.54, 1.807) is 0 Å². The van der Waals surface area contributed by atoms with Crippen LogP contribution in [0.2, 0.25) is 0 Å². The van der Waals surface area contributed by atoms with Crippen molar-refractivity contribution in [3.05, 3.63) is 0 Å². The first-order valence-corrected chi connectivity index (χ1v) is 7.05. The lowest BCUT2D eigenvalue weighted by molar-refractivity contribution is -0.149. The van der Waals surface area contributed by atoms with E-state index < -0.39 is 0 Å². The molecule has 0 amide bonds. The second kappa shape index (κ2) is 3.07. The maximum atomic E-state index is 12.2. The van der Waals surface area contributed by atoms with E-state index in [1.807, 2.05) is 0 Å². The molecule has 0 radical (unpaired) electrons. The van der Waals surface area contributed by atoms with Crippen LogP contribution in [0.15, 0.2) is 0 Å². The van der Waals surface area contributed by atoms with Crippen molar-refractivity contribution in [2.75, 3.05) is 0 Å². The summed E-state index contributed by atoms with van der Waals surface area (Å²) in [6, 6.07) is 0. The summed E-state index contributed by atoms with van der Waals surface area (Å²) in [6.45, 7) is 11.6. The highest BCUT2D eigenvalue weighted by atomic mass is 16.6. The molecule has 96 valence electrons. The van der Waals surface area contributed by atoms with Gasteiger partial charge >= 0.3 is 5.97 Å². The van der Waals surface area contributed by atoms with Crippen LogP contribution in [-0.2, 0) is 9.53 Å². The predicted octanol–water partition coefficient (Wildman–Crippen LogP) is 3.26. The Hall–Kier alpha value is -0.530. The van der Waals surface area contributed by atoms with E-state index in [0.717, 1.165) is 6.42 Å². The molecular weight excluding hydrogens is 212 g/mol. The first-order valence-electron chi connectivity index (χ1n) is 7.05. The molecule has 0 aromatic heterocycles. The number of carbonyl (C=O) groups excluding carboxylic acids is 1. The second-order valence-electron chi connectivity index (χ2n) is 7.33. The molecule has 0 N–H and O–H groups in total. The average Bonchev–Trinajstić information content (AvgIpc) is 2.69. The summed E-state index contributed by atoms with van der Waals surface area (Å²) in [6.07, 6.45) is 2.53. The summed E-state index contributed by atoms with van der Waals surface area (Å²) in [5.74, 6) is 1.88. The van der Waals surface area contributed by atoms with Crippen LogP contribution < -0.4 is 0 Å². The van der Waals surface area contributed by atoms with Gasteiger partial charge in [-0.2, -0.15) is 0 Å². The van der Waals surface area contributed by atoms with Gasteiger partial charge in [0.25, 0.3) is 0 Å². The molecule has 2 nitrogen and oxygen atoms in total. The largest absolute Gasteiger partial charge is 0.462 e. The van der Waals surface area contributed by atoms with E-state index in [9.17, 15) is 4.79 Å². The zero-order valence-corrected chi connectivity index (χ0v) is 11.6. The Kier molecular flexibility index (Phi) is 2.09. The van der Waals surface area contributed by atoms with Crippen molar-refractivity contribution in [3.8, 4) is 0 Å². The van der Waals surface area contributed by atoms with Crippen LogP contribution >= 0.6 is 0 Å². The van der Waals surface area contributed by atoms with Crippen molar-refractivity contribution < 1.29 is 9.53 Å². The van der Waals surface area contributed by atoms with Gasteiger partial charge in [-0.15, -0.1) is 0 Å². The Morgan fingerprint density at radius 2 is 1.76 bits per heavy atom. The minimum Gasteiger partial charge on any atom is -0.462 e. The van der Waals surface area contributed by atoms with Gasteiger partial charge in [0.2, 0.25) is 0 Å². The van der Waals surface area contributed by atoms with Gasteiger partial charge in [-0.3, -0.25) is 4.79 Å². The van der Waals surface area contributed by atoms with Crippen LogP contribution in [0.25, 0.3) is 0 Å². The molecule has 4 atom stereocenters. The van der Waals surface area contributed by atoms with Gasteiger partial charge < -0.3 is 4.74 Å². The fourth-order valence-corrected chi connectivity index (χ4v) is 6.25. The standard InChI is InChI=1S/C15H24O2/c1-8(2)15(9(3)4)12-10-6-14(15,5)7-11(10)17-13(12)16/h8-12H,6-7H2,1-5H3. The molecule has 1 saturated heterocycles. The lowest BCUT2D eigenvalue weighted by Crippen LogP contribution is -2.51. The fraction of sp³-hybridized carbons (Fsp3) is 0.933. The highest BCUT2D eigenvalue weighted by Gasteiger charge is 2.75. The van der Waals surface area contributed by atoms with Gasteiger partial charge in [-0.05, 0) is 35.5 Å². The van der Waals surface area contributed by atoms with Crippen LogP contribution in [-0.4, -0.2) is 12.1 Å². The minimum atomic E-state index is 0.101. The molecule has 2 saturated carbocycles. The summed E-state index contributed by atoms with van der Waals surface area (Å²) in [4.78, 5) is 12.2. The van der Waals surface area contributed by atoms with E-state index in [4.69, 9.17) is 4.74 Å². The summed E-state index contributed by atoms with van der Waals surface area (Å²) >= 11 is 0. The van der Waals surface area contributed by atoms with E-state index in [-0.39, 0.29) is 23.4 Å². The van der Waals surface area contributed by atoms with Crippen LogP contribution in [0, 0.1) is 34.5 Å². The smallest absolute Gasteiger partial charge is 0.310 e. The van der Waals surface area contributed by atoms with Gasteiger partial charge in [-0.1, -0.05) is 34.6 Å². The lowest BCUT2D eigenvalue weighted by atomic mass is 9.50. The molecule has 3 rings (SSSR count). The van der Waals surface area contributed by atoms with Crippen molar-refractivity contribution in [3.63, 3.8) is 0 Å². The lowest BCUT2D eigenvalue weighted by Gasteiger charge is -2.52. The third kappa shape index (κ3) is 1.02. The molecule has 3 aliphatic rings.